The molecular formula is C20H14BrN3O2S. The Morgan fingerprint density at radius 3 is 2.70 bits per heavy atom. The number of nitriles is 1. The number of aromatic nitrogens is 1. The summed E-state index contributed by atoms with van der Waals surface area (Å²) in [5.74, 6) is 0. The Labute approximate surface area is 168 Å². The number of aryl methyl sites for hydroxylation is 1. The number of allylic oxidation sites excluding steroid dienone is 1. The summed E-state index contributed by atoms with van der Waals surface area (Å²) in [5.41, 5.74) is 2.83. The number of hydrogen-bond acceptors (Lipinski definition) is 5. The highest BCUT2D eigenvalue weighted by atomic mass is 79.9. The fourth-order valence-corrected chi connectivity index (χ4v) is 3.83. The SMILES string of the molecule is CCc1sc(C(C#N)=Cc2cccc([N+](=O)[O-])c2)nc1-c1ccc(Br)cc1. The van der Waals surface area contributed by atoms with Crippen LogP contribution in [0.4, 0.5) is 5.69 Å². The van der Waals surface area contributed by atoms with Crippen LogP contribution in [0.1, 0.15) is 22.4 Å². The normalized spacial score (nSPS) is 11.2. The molecule has 1 aromatic heterocycles. The second-order valence-electron chi connectivity index (χ2n) is 5.67. The highest BCUT2D eigenvalue weighted by Crippen LogP contribution is 2.33. The molecule has 0 bridgehead atoms. The first kappa shape index (κ1) is 19.0. The van der Waals surface area contributed by atoms with Crippen molar-refractivity contribution < 1.29 is 4.92 Å². The molecule has 7 heteroatoms. The summed E-state index contributed by atoms with van der Waals surface area (Å²) in [6.07, 6.45) is 2.44. The molecular weight excluding hydrogens is 426 g/mol. The average Bonchev–Trinajstić information content (AvgIpc) is 3.11. The van der Waals surface area contributed by atoms with Crippen LogP contribution in [0, 0.1) is 21.4 Å². The van der Waals surface area contributed by atoms with Crippen LogP contribution in [0.25, 0.3) is 22.9 Å². The van der Waals surface area contributed by atoms with Gasteiger partial charge in [0, 0.05) is 27.0 Å². The van der Waals surface area contributed by atoms with Crippen molar-refractivity contribution in [3.8, 4) is 17.3 Å². The van der Waals surface area contributed by atoms with Crippen molar-refractivity contribution in [1.82, 2.24) is 4.98 Å². The molecule has 0 aliphatic rings. The molecule has 27 heavy (non-hydrogen) atoms. The predicted molar refractivity (Wildman–Crippen MR) is 111 cm³/mol. The lowest BCUT2D eigenvalue weighted by atomic mass is 10.1. The molecule has 0 fully saturated rings. The minimum Gasteiger partial charge on any atom is -0.258 e. The average molecular weight is 440 g/mol. The summed E-state index contributed by atoms with van der Waals surface area (Å²) in [6, 6.07) is 16.3. The summed E-state index contributed by atoms with van der Waals surface area (Å²) in [4.78, 5) is 16.3. The van der Waals surface area contributed by atoms with E-state index in [4.69, 9.17) is 0 Å². The molecule has 0 aliphatic carbocycles. The van der Waals surface area contributed by atoms with Crippen molar-refractivity contribution in [2.75, 3.05) is 0 Å². The maximum Gasteiger partial charge on any atom is 0.270 e. The third-order valence-electron chi connectivity index (χ3n) is 3.88. The van der Waals surface area contributed by atoms with Crippen LogP contribution < -0.4 is 0 Å². The first-order valence-electron chi connectivity index (χ1n) is 8.14. The van der Waals surface area contributed by atoms with Gasteiger partial charge in [0.2, 0.25) is 0 Å². The van der Waals surface area contributed by atoms with Crippen molar-refractivity contribution in [3.63, 3.8) is 0 Å². The number of hydrogen-bond donors (Lipinski definition) is 0. The molecule has 0 spiro atoms. The van der Waals surface area contributed by atoms with Crippen LogP contribution in [-0.4, -0.2) is 9.91 Å². The smallest absolute Gasteiger partial charge is 0.258 e. The van der Waals surface area contributed by atoms with E-state index < -0.39 is 4.92 Å². The Morgan fingerprint density at radius 1 is 1.33 bits per heavy atom. The largest absolute Gasteiger partial charge is 0.270 e. The summed E-state index contributed by atoms with van der Waals surface area (Å²) < 4.78 is 0.989. The van der Waals surface area contributed by atoms with Crippen molar-refractivity contribution in [2.45, 2.75) is 13.3 Å². The lowest BCUT2D eigenvalue weighted by Gasteiger charge is -2.00. The van der Waals surface area contributed by atoms with Crippen LogP contribution in [0.5, 0.6) is 0 Å². The number of halogens is 1. The van der Waals surface area contributed by atoms with E-state index in [9.17, 15) is 15.4 Å². The van der Waals surface area contributed by atoms with Gasteiger partial charge in [0.25, 0.3) is 5.69 Å². The van der Waals surface area contributed by atoms with Crippen molar-refractivity contribution >= 4 is 44.6 Å². The molecule has 0 aliphatic heterocycles. The van der Waals surface area contributed by atoms with E-state index in [0.29, 0.717) is 16.1 Å². The minimum absolute atomic E-state index is 0.00928. The fraction of sp³-hybridized carbons (Fsp3) is 0.100. The molecule has 0 atom stereocenters. The van der Waals surface area contributed by atoms with Gasteiger partial charge in [-0.05, 0) is 30.2 Å². The summed E-state index contributed by atoms with van der Waals surface area (Å²) in [7, 11) is 0. The molecule has 1 heterocycles. The topological polar surface area (TPSA) is 79.8 Å². The van der Waals surface area contributed by atoms with E-state index in [-0.39, 0.29) is 5.69 Å². The van der Waals surface area contributed by atoms with Crippen molar-refractivity contribution in [2.24, 2.45) is 0 Å². The van der Waals surface area contributed by atoms with Gasteiger partial charge in [-0.2, -0.15) is 5.26 Å². The second kappa shape index (κ2) is 8.25. The summed E-state index contributed by atoms with van der Waals surface area (Å²) in [6.45, 7) is 2.05. The van der Waals surface area contributed by atoms with Crippen molar-refractivity contribution in [1.29, 1.82) is 5.26 Å². The zero-order chi connectivity index (χ0) is 19.4. The minimum atomic E-state index is -0.451. The molecule has 0 unspecified atom stereocenters. The van der Waals surface area contributed by atoms with E-state index in [1.54, 1.807) is 18.2 Å². The van der Waals surface area contributed by atoms with Crippen LogP contribution in [0.3, 0.4) is 0 Å². The maximum absolute atomic E-state index is 11.0. The van der Waals surface area contributed by atoms with E-state index in [2.05, 4.69) is 33.9 Å². The van der Waals surface area contributed by atoms with Gasteiger partial charge in [0.1, 0.15) is 11.1 Å². The lowest BCUT2D eigenvalue weighted by Crippen LogP contribution is -1.88. The summed E-state index contributed by atoms with van der Waals surface area (Å²) in [5, 5.41) is 21.2. The Bertz CT molecular complexity index is 1070. The number of rotatable bonds is 5. The van der Waals surface area contributed by atoms with Gasteiger partial charge >= 0.3 is 0 Å². The highest BCUT2D eigenvalue weighted by molar-refractivity contribution is 9.10. The molecule has 0 saturated heterocycles. The zero-order valence-corrected chi connectivity index (χ0v) is 16.8. The maximum atomic E-state index is 11.0. The molecule has 0 saturated carbocycles. The number of nitrogens with zero attached hydrogens (tertiary/aromatic N) is 3. The Balaban J connectivity index is 2.04. The lowest BCUT2D eigenvalue weighted by molar-refractivity contribution is -0.384. The number of benzene rings is 2. The quantitative estimate of drug-likeness (QED) is 0.273. The predicted octanol–water partition coefficient (Wildman–Crippen LogP) is 6.11. The zero-order valence-electron chi connectivity index (χ0n) is 14.3. The van der Waals surface area contributed by atoms with E-state index in [0.717, 1.165) is 27.0 Å². The Morgan fingerprint density at radius 2 is 2.07 bits per heavy atom. The summed E-state index contributed by atoms with van der Waals surface area (Å²) >= 11 is 4.90. The third-order valence-corrected chi connectivity index (χ3v) is 5.64. The second-order valence-corrected chi connectivity index (χ2v) is 7.67. The molecule has 3 aromatic rings. The van der Waals surface area contributed by atoms with E-state index >= 15 is 0 Å². The molecule has 3 rings (SSSR count). The molecule has 0 radical (unpaired) electrons. The van der Waals surface area contributed by atoms with Crippen LogP contribution in [0.2, 0.25) is 0 Å². The third kappa shape index (κ3) is 4.30. The van der Waals surface area contributed by atoms with Gasteiger partial charge in [-0.25, -0.2) is 4.98 Å². The van der Waals surface area contributed by atoms with Gasteiger partial charge < -0.3 is 0 Å². The van der Waals surface area contributed by atoms with Crippen LogP contribution >= 0.6 is 27.3 Å². The number of non-ortho nitro benzene ring substituents is 1. The fourth-order valence-electron chi connectivity index (χ4n) is 2.58. The molecule has 134 valence electrons. The van der Waals surface area contributed by atoms with E-state index in [1.165, 1.54) is 23.5 Å². The highest BCUT2D eigenvalue weighted by Gasteiger charge is 2.15. The number of thiazole rings is 1. The molecule has 2 aromatic carbocycles. The van der Waals surface area contributed by atoms with Gasteiger partial charge in [0.15, 0.2) is 0 Å². The van der Waals surface area contributed by atoms with E-state index in [1.807, 2.05) is 24.3 Å². The number of nitro groups is 1. The monoisotopic (exact) mass is 439 g/mol. The first-order chi connectivity index (χ1) is 13.0. The van der Waals surface area contributed by atoms with Crippen LogP contribution in [-0.2, 0) is 6.42 Å². The van der Waals surface area contributed by atoms with Crippen molar-refractivity contribution in [3.05, 3.63) is 78.6 Å². The van der Waals surface area contributed by atoms with Crippen LogP contribution in [0.15, 0.2) is 53.0 Å². The van der Waals surface area contributed by atoms with Gasteiger partial charge in [-0.3, -0.25) is 10.1 Å². The Hall–Kier alpha value is -2.82. The number of nitro benzene ring substituents is 1. The first-order valence-corrected chi connectivity index (χ1v) is 9.75. The standard InChI is InChI=1S/C20H14BrN3O2S/c1-2-18-19(14-6-8-16(21)9-7-14)23-20(27-18)15(12-22)10-13-4-3-5-17(11-13)24(25)26/h3-11H,2H2,1H3. The Kier molecular flexibility index (Phi) is 5.79. The molecule has 0 amide bonds. The van der Waals surface area contributed by atoms with Gasteiger partial charge in [-0.1, -0.05) is 47.1 Å². The van der Waals surface area contributed by atoms with Gasteiger partial charge in [0.05, 0.1) is 16.2 Å². The molecule has 5 nitrogen and oxygen atoms in total. The molecule has 0 N–H and O–H groups in total. The van der Waals surface area contributed by atoms with Gasteiger partial charge in [-0.15, -0.1) is 11.3 Å².